The summed E-state index contributed by atoms with van der Waals surface area (Å²) in [6, 6.07) is 0. The van der Waals surface area contributed by atoms with Crippen molar-refractivity contribution in [2.45, 2.75) is 44.6 Å². The Morgan fingerprint density at radius 2 is 1.73 bits per heavy atom. The van der Waals surface area contributed by atoms with E-state index in [-0.39, 0.29) is 11.0 Å². The third kappa shape index (κ3) is 3.75. The molecule has 1 saturated carbocycles. The Morgan fingerprint density at radius 1 is 1.18 bits per heavy atom. The Labute approximate surface area is 75.4 Å². The second-order valence-electron chi connectivity index (χ2n) is 2.97. The first-order chi connectivity index (χ1) is 5.29. The number of rotatable bonds is 1. The van der Waals surface area contributed by atoms with Gasteiger partial charge in [0.25, 0.3) is 0 Å². The molecular formula is C8H13BrO2. The quantitative estimate of drug-likeness (QED) is 0.501. The third-order valence-electron chi connectivity index (χ3n) is 2.06. The Morgan fingerprint density at radius 3 is 2.18 bits per heavy atom. The summed E-state index contributed by atoms with van der Waals surface area (Å²) in [6.07, 6.45) is 7.22. The van der Waals surface area contributed by atoms with Crippen molar-refractivity contribution in [3.63, 3.8) is 0 Å². The first-order valence-corrected chi connectivity index (χ1v) is 4.94. The van der Waals surface area contributed by atoms with Gasteiger partial charge < -0.3 is 4.74 Å². The van der Waals surface area contributed by atoms with Crippen molar-refractivity contribution in [3.8, 4) is 0 Å². The molecule has 2 nitrogen and oxygen atoms in total. The lowest BCUT2D eigenvalue weighted by molar-refractivity contribution is 0.114. The minimum atomic E-state index is -0.315. The smallest absolute Gasteiger partial charge is 0.374 e. The largest absolute Gasteiger partial charge is 0.454 e. The number of hydrogen-bond donors (Lipinski definition) is 0. The zero-order chi connectivity index (χ0) is 8.10. The second-order valence-corrected chi connectivity index (χ2v) is 3.62. The van der Waals surface area contributed by atoms with Crippen LogP contribution >= 0.6 is 15.9 Å². The van der Waals surface area contributed by atoms with Gasteiger partial charge >= 0.3 is 4.88 Å². The number of carbonyl (C=O) groups is 1. The van der Waals surface area contributed by atoms with E-state index < -0.39 is 0 Å². The molecule has 0 unspecified atom stereocenters. The van der Waals surface area contributed by atoms with Crippen LogP contribution in [-0.4, -0.2) is 11.0 Å². The molecule has 0 heterocycles. The SMILES string of the molecule is O=C(Br)OC1CCCCCC1. The molecule has 0 N–H and O–H groups in total. The molecule has 0 saturated heterocycles. The van der Waals surface area contributed by atoms with E-state index in [1.807, 2.05) is 0 Å². The molecule has 1 rings (SSSR count). The van der Waals surface area contributed by atoms with E-state index in [4.69, 9.17) is 4.74 Å². The van der Waals surface area contributed by atoms with Gasteiger partial charge in [0.15, 0.2) is 0 Å². The number of carbonyl (C=O) groups excluding carboxylic acids is 1. The molecule has 3 heteroatoms. The average Bonchev–Trinajstić information content (AvgIpc) is 2.14. The Balaban J connectivity index is 2.25. The van der Waals surface area contributed by atoms with Gasteiger partial charge in [-0.05, 0) is 25.7 Å². The highest BCUT2D eigenvalue weighted by Gasteiger charge is 2.14. The molecule has 1 fully saturated rings. The molecule has 0 bridgehead atoms. The van der Waals surface area contributed by atoms with Gasteiger partial charge in [-0.3, -0.25) is 0 Å². The molecule has 0 spiro atoms. The normalized spacial score (nSPS) is 20.8. The molecule has 64 valence electrons. The number of hydrogen-bond acceptors (Lipinski definition) is 2. The summed E-state index contributed by atoms with van der Waals surface area (Å²) in [7, 11) is 0. The highest BCUT2D eigenvalue weighted by molar-refractivity contribution is 9.18. The lowest BCUT2D eigenvalue weighted by Gasteiger charge is -2.12. The van der Waals surface area contributed by atoms with Crippen LogP contribution in [0.5, 0.6) is 0 Å². The molecular weight excluding hydrogens is 208 g/mol. The lowest BCUT2D eigenvalue weighted by atomic mass is 10.2. The predicted molar refractivity (Wildman–Crippen MR) is 46.9 cm³/mol. The highest BCUT2D eigenvalue weighted by Crippen LogP contribution is 2.20. The van der Waals surface area contributed by atoms with Gasteiger partial charge in [0.2, 0.25) is 0 Å². The van der Waals surface area contributed by atoms with E-state index in [1.54, 1.807) is 0 Å². The zero-order valence-electron chi connectivity index (χ0n) is 6.51. The maximum absolute atomic E-state index is 10.5. The third-order valence-corrected chi connectivity index (χ3v) is 2.25. The van der Waals surface area contributed by atoms with Crippen molar-refractivity contribution in [1.29, 1.82) is 0 Å². The van der Waals surface area contributed by atoms with Crippen molar-refractivity contribution < 1.29 is 9.53 Å². The summed E-state index contributed by atoms with van der Waals surface area (Å²) < 4.78 is 5.05. The first-order valence-electron chi connectivity index (χ1n) is 4.15. The zero-order valence-corrected chi connectivity index (χ0v) is 8.10. The summed E-state index contributed by atoms with van der Waals surface area (Å²) in [6.45, 7) is 0. The maximum Gasteiger partial charge on any atom is 0.374 e. The highest BCUT2D eigenvalue weighted by atomic mass is 79.9. The van der Waals surface area contributed by atoms with Crippen molar-refractivity contribution in [2.75, 3.05) is 0 Å². The van der Waals surface area contributed by atoms with Gasteiger partial charge in [-0.2, -0.15) is 0 Å². The molecule has 0 aromatic rings. The van der Waals surface area contributed by atoms with Crippen LogP contribution in [0.25, 0.3) is 0 Å². The Kier molecular flexibility index (Phi) is 3.91. The van der Waals surface area contributed by atoms with Crippen LogP contribution in [0.4, 0.5) is 4.79 Å². The lowest BCUT2D eigenvalue weighted by Crippen LogP contribution is -2.12. The minimum Gasteiger partial charge on any atom is -0.454 e. The van der Waals surface area contributed by atoms with Crippen LogP contribution < -0.4 is 0 Å². The molecule has 0 aromatic heterocycles. The van der Waals surface area contributed by atoms with Crippen LogP contribution in [0.2, 0.25) is 0 Å². The van der Waals surface area contributed by atoms with Crippen molar-refractivity contribution in [2.24, 2.45) is 0 Å². The first kappa shape index (κ1) is 9.04. The molecule has 0 amide bonds. The fourth-order valence-electron chi connectivity index (χ4n) is 1.49. The van der Waals surface area contributed by atoms with E-state index in [9.17, 15) is 4.79 Å². The number of ether oxygens (including phenoxy) is 1. The standard InChI is InChI=1S/C8H13BrO2/c9-8(10)11-7-5-3-1-2-4-6-7/h7H,1-6H2. The summed E-state index contributed by atoms with van der Waals surface area (Å²) in [4.78, 5) is 10.2. The maximum atomic E-state index is 10.5. The molecule has 0 aromatic carbocycles. The summed E-state index contributed by atoms with van der Waals surface area (Å²) in [5.41, 5.74) is 0. The molecule has 11 heavy (non-hydrogen) atoms. The molecule has 0 aliphatic heterocycles. The van der Waals surface area contributed by atoms with Crippen LogP contribution in [0, 0.1) is 0 Å². The van der Waals surface area contributed by atoms with Gasteiger partial charge in [0.1, 0.15) is 6.10 Å². The molecule has 0 radical (unpaired) electrons. The molecule has 0 atom stereocenters. The van der Waals surface area contributed by atoms with E-state index in [0.717, 1.165) is 12.8 Å². The second kappa shape index (κ2) is 4.75. The van der Waals surface area contributed by atoms with Gasteiger partial charge in [-0.15, -0.1) is 0 Å². The molecule has 1 aliphatic carbocycles. The predicted octanol–water partition coefficient (Wildman–Crippen LogP) is 3.24. The minimum absolute atomic E-state index is 0.171. The van der Waals surface area contributed by atoms with E-state index in [2.05, 4.69) is 15.9 Å². The topological polar surface area (TPSA) is 26.3 Å². The Bertz CT molecular complexity index is 128. The van der Waals surface area contributed by atoms with Gasteiger partial charge in [0, 0.05) is 15.9 Å². The summed E-state index contributed by atoms with van der Waals surface area (Å²) in [5.74, 6) is 0. The van der Waals surface area contributed by atoms with E-state index in [1.165, 1.54) is 25.7 Å². The van der Waals surface area contributed by atoms with Gasteiger partial charge in [0.05, 0.1) is 0 Å². The fraction of sp³-hybridized carbons (Fsp3) is 0.875. The monoisotopic (exact) mass is 220 g/mol. The Hall–Kier alpha value is -0.0500. The van der Waals surface area contributed by atoms with Crippen LogP contribution in [0.1, 0.15) is 38.5 Å². The number of halogens is 1. The molecule has 1 aliphatic rings. The van der Waals surface area contributed by atoms with E-state index in [0.29, 0.717) is 0 Å². The fourth-order valence-corrected chi connectivity index (χ4v) is 1.76. The van der Waals surface area contributed by atoms with Crippen molar-refractivity contribution in [1.82, 2.24) is 0 Å². The summed E-state index contributed by atoms with van der Waals surface area (Å²) >= 11 is 2.77. The van der Waals surface area contributed by atoms with Gasteiger partial charge in [-0.1, -0.05) is 12.8 Å². The van der Waals surface area contributed by atoms with Crippen LogP contribution in [-0.2, 0) is 4.74 Å². The van der Waals surface area contributed by atoms with E-state index >= 15 is 0 Å². The van der Waals surface area contributed by atoms with Crippen molar-refractivity contribution >= 4 is 20.8 Å². The average molecular weight is 221 g/mol. The summed E-state index contributed by atoms with van der Waals surface area (Å²) in [5, 5.41) is 0. The van der Waals surface area contributed by atoms with Crippen LogP contribution in [0.15, 0.2) is 0 Å². The van der Waals surface area contributed by atoms with Crippen LogP contribution in [0.3, 0.4) is 0 Å². The van der Waals surface area contributed by atoms with Gasteiger partial charge in [-0.25, -0.2) is 4.79 Å². The van der Waals surface area contributed by atoms with Crippen molar-refractivity contribution in [3.05, 3.63) is 0 Å².